The van der Waals surface area contributed by atoms with Crippen molar-refractivity contribution in [1.29, 1.82) is 0 Å². The smallest absolute Gasteiger partial charge is 0.416 e. The Morgan fingerprint density at radius 3 is 1.85 bits per heavy atom. The van der Waals surface area contributed by atoms with E-state index < -0.39 is 51.1 Å². The van der Waals surface area contributed by atoms with Crippen LogP contribution in [0.5, 0.6) is 11.5 Å². The number of sulfonamides is 1. The van der Waals surface area contributed by atoms with E-state index in [0.717, 1.165) is 19.1 Å². The highest BCUT2D eigenvalue weighted by Crippen LogP contribution is 2.37. The van der Waals surface area contributed by atoms with Crippen molar-refractivity contribution in [2.75, 3.05) is 19.5 Å². The van der Waals surface area contributed by atoms with Gasteiger partial charge < -0.3 is 14.8 Å². The Morgan fingerprint density at radius 2 is 1.39 bits per heavy atom. The number of carbonyl (C=O) groups is 1. The molecule has 2 aromatic carbocycles. The number of benzene rings is 2. The van der Waals surface area contributed by atoms with E-state index >= 15 is 0 Å². The van der Waals surface area contributed by atoms with Crippen LogP contribution in [0.15, 0.2) is 41.3 Å². The minimum absolute atomic E-state index is 0.0705. The summed E-state index contributed by atoms with van der Waals surface area (Å²) in [6, 6.07) is 2.50. The first-order valence-corrected chi connectivity index (χ1v) is 10.4. The lowest BCUT2D eigenvalue weighted by molar-refractivity contribution is -0.143. The van der Waals surface area contributed by atoms with Gasteiger partial charge in [-0.15, -0.1) is 0 Å². The summed E-state index contributed by atoms with van der Waals surface area (Å²) in [4.78, 5) is 12.0. The van der Waals surface area contributed by atoms with Crippen LogP contribution in [0.1, 0.15) is 18.1 Å². The molecule has 1 amide bonds. The summed E-state index contributed by atoms with van der Waals surface area (Å²) in [5.41, 5.74) is -4.07. The minimum Gasteiger partial charge on any atom is -0.493 e. The highest BCUT2D eigenvalue weighted by atomic mass is 32.2. The van der Waals surface area contributed by atoms with Gasteiger partial charge in [-0.2, -0.15) is 31.1 Å². The van der Waals surface area contributed by atoms with Crippen molar-refractivity contribution in [2.24, 2.45) is 0 Å². The predicted molar refractivity (Wildman–Crippen MR) is 104 cm³/mol. The highest BCUT2D eigenvalue weighted by molar-refractivity contribution is 7.89. The van der Waals surface area contributed by atoms with E-state index in [-0.39, 0.29) is 22.5 Å². The Morgan fingerprint density at radius 1 is 0.879 bits per heavy atom. The molecule has 0 aliphatic carbocycles. The lowest BCUT2D eigenvalue weighted by Gasteiger charge is -2.17. The molecule has 0 heterocycles. The summed E-state index contributed by atoms with van der Waals surface area (Å²) in [7, 11) is -1.73. The molecule has 0 radical (unpaired) electrons. The number of amides is 1. The Balaban J connectivity index is 2.27. The fourth-order valence-electron chi connectivity index (χ4n) is 2.62. The fourth-order valence-corrected chi connectivity index (χ4v) is 3.83. The molecule has 2 N–H and O–H groups in total. The summed E-state index contributed by atoms with van der Waals surface area (Å²) in [6.07, 6.45) is -10.2. The number of ether oxygens (including phenoxy) is 2. The Bertz CT molecular complexity index is 1100. The second-order valence-electron chi connectivity index (χ2n) is 6.64. The molecule has 2 aromatic rings. The van der Waals surface area contributed by atoms with Gasteiger partial charge in [-0.05, 0) is 37.3 Å². The van der Waals surface area contributed by atoms with Crippen LogP contribution in [0.3, 0.4) is 0 Å². The van der Waals surface area contributed by atoms with Gasteiger partial charge in [-0.1, -0.05) is 0 Å². The van der Waals surface area contributed by atoms with Gasteiger partial charge in [-0.3, -0.25) is 4.79 Å². The van der Waals surface area contributed by atoms with Crippen LogP contribution in [-0.2, 0) is 27.2 Å². The quantitative estimate of drug-likeness (QED) is 0.560. The molecule has 0 saturated heterocycles. The molecule has 1 atom stereocenters. The van der Waals surface area contributed by atoms with Crippen molar-refractivity contribution in [3.63, 3.8) is 0 Å². The zero-order valence-corrected chi connectivity index (χ0v) is 18.1. The number of alkyl halides is 6. The molecule has 2 rings (SSSR count). The molecule has 0 aliphatic heterocycles. The maximum Gasteiger partial charge on any atom is 0.416 e. The molecular weight excluding hydrogens is 482 g/mol. The minimum atomic E-state index is -5.11. The fraction of sp³-hybridized carbons (Fsp3) is 0.316. The van der Waals surface area contributed by atoms with Crippen molar-refractivity contribution < 1.29 is 49.0 Å². The van der Waals surface area contributed by atoms with E-state index in [2.05, 4.69) is 0 Å². The van der Waals surface area contributed by atoms with Crippen molar-refractivity contribution in [2.45, 2.75) is 30.2 Å². The van der Waals surface area contributed by atoms with Gasteiger partial charge in [0.15, 0.2) is 11.5 Å². The molecular formula is C19H18F6N2O5S. The molecule has 0 aromatic heterocycles. The molecule has 7 nitrogen and oxygen atoms in total. The highest BCUT2D eigenvalue weighted by Gasteiger charge is 2.37. The number of nitrogens with one attached hydrogen (secondary N) is 2. The van der Waals surface area contributed by atoms with E-state index in [9.17, 15) is 39.6 Å². The summed E-state index contributed by atoms with van der Waals surface area (Å²) in [6.45, 7) is 1.06. The molecule has 0 spiro atoms. The van der Waals surface area contributed by atoms with Crippen LogP contribution in [0, 0.1) is 0 Å². The molecule has 0 aliphatic rings. The Kier molecular flexibility index (Phi) is 7.53. The van der Waals surface area contributed by atoms with Crippen molar-refractivity contribution in [1.82, 2.24) is 4.72 Å². The van der Waals surface area contributed by atoms with Gasteiger partial charge in [-0.25, -0.2) is 8.42 Å². The molecule has 0 unspecified atom stereocenters. The van der Waals surface area contributed by atoms with E-state index in [4.69, 9.17) is 9.47 Å². The van der Waals surface area contributed by atoms with E-state index in [1.807, 2.05) is 10.0 Å². The summed E-state index contributed by atoms with van der Waals surface area (Å²) in [5, 5.41) is 1.87. The van der Waals surface area contributed by atoms with E-state index in [1.54, 1.807) is 0 Å². The zero-order valence-electron chi connectivity index (χ0n) is 17.3. The lowest BCUT2D eigenvalue weighted by atomic mass is 10.1. The van der Waals surface area contributed by atoms with Gasteiger partial charge in [0, 0.05) is 11.8 Å². The summed E-state index contributed by atoms with van der Waals surface area (Å²) in [5.74, 6) is -0.889. The topological polar surface area (TPSA) is 93.7 Å². The molecule has 0 saturated carbocycles. The van der Waals surface area contributed by atoms with Crippen molar-refractivity contribution >= 4 is 21.6 Å². The first kappa shape index (κ1) is 26.3. The molecule has 33 heavy (non-hydrogen) atoms. The largest absolute Gasteiger partial charge is 0.493 e. The number of methoxy groups -OCH3 is 2. The molecule has 0 bridgehead atoms. The van der Waals surface area contributed by atoms with Crippen molar-refractivity contribution in [3.8, 4) is 11.5 Å². The Hall–Kier alpha value is -3.00. The third-order valence-corrected chi connectivity index (χ3v) is 5.78. The van der Waals surface area contributed by atoms with Gasteiger partial charge in [0.25, 0.3) is 0 Å². The zero-order chi connectivity index (χ0) is 25.2. The van der Waals surface area contributed by atoms with Gasteiger partial charge >= 0.3 is 12.4 Å². The average molecular weight is 500 g/mol. The average Bonchev–Trinajstić information content (AvgIpc) is 2.71. The number of rotatable bonds is 7. The second-order valence-corrected chi connectivity index (χ2v) is 8.36. The second kappa shape index (κ2) is 9.47. The number of carbonyl (C=O) groups excluding carboxylic acids is 1. The van der Waals surface area contributed by atoms with Crippen LogP contribution in [0.25, 0.3) is 0 Å². The monoisotopic (exact) mass is 500 g/mol. The van der Waals surface area contributed by atoms with Gasteiger partial charge in [0.1, 0.15) is 0 Å². The normalized spacial score (nSPS) is 13.4. The third-order valence-electron chi connectivity index (χ3n) is 4.25. The number of hydrogen-bond donors (Lipinski definition) is 2. The standard InChI is InChI=1S/C19H18F6N2O5S/c1-10(27-33(29,30)14-4-5-15(31-2)16(9-14)32-3)17(28)26-13-7-11(18(20,21)22)6-12(8-13)19(23,24)25/h4-10,27H,1-3H3,(H,26,28)/t10-/m1/s1. The summed E-state index contributed by atoms with van der Waals surface area (Å²) >= 11 is 0. The van der Waals surface area contributed by atoms with Crippen LogP contribution in [0.4, 0.5) is 32.0 Å². The van der Waals surface area contributed by atoms with E-state index in [1.165, 1.54) is 20.3 Å². The van der Waals surface area contributed by atoms with Crippen LogP contribution in [0.2, 0.25) is 0 Å². The maximum absolute atomic E-state index is 13.0. The first-order chi connectivity index (χ1) is 15.1. The lowest BCUT2D eigenvalue weighted by Crippen LogP contribution is -2.41. The van der Waals surface area contributed by atoms with Gasteiger partial charge in [0.05, 0.1) is 36.3 Å². The van der Waals surface area contributed by atoms with Crippen LogP contribution >= 0.6 is 0 Å². The predicted octanol–water partition coefficient (Wildman–Crippen LogP) is 4.05. The van der Waals surface area contributed by atoms with Crippen LogP contribution < -0.4 is 19.5 Å². The SMILES string of the molecule is COc1ccc(S(=O)(=O)N[C@H](C)C(=O)Nc2cc(C(F)(F)F)cc(C(F)(F)F)c2)cc1OC. The first-order valence-electron chi connectivity index (χ1n) is 8.93. The number of anilines is 1. The number of halogens is 6. The van der Waals surface area contributed by atoms with Crippen molar-refractivity contribution in [3.05, 3.63) is 47.5 Å². The maximum atomic E-state index is 13.0. The third kappa shape index (κ3) is 6.51. The Labute approximate surface area is 184 Å². The number of hydrogen-bond acceptors (Lipinski definition) is 5. The van der Waals surface area contributed by atoms with Gasteiger partial charge in [0.2, 0.25) is 15.9 Å². The van der Waals surface area contributed by atoms with Crippen LogP contribution in [-0.4, -0.2) is 34.6 Å². The molecule has 14 heteroatoms. The molecule has 182 valence electrons. The van der Waals surface area contributed by atoms with E-state index in [0.29, 0.717) is 12.1 Å². The molecule has 0 fully saturated rings. The summed E-state index contributed by atoms with van der Waals surface area (Å²) < 4.78 is 115.